The van der Waals surface area contributed by atoms with Gasteiger partial charge in [0, 0.05) is 11.6 Å². The molecule has 0 aliphatic carbocycles. The van der Waals surface area contributed by atoms with Gasteiger partial charge in [-0.1, -0.05) is 30.3 Å². The largest absolute Gasteiger partial charge is 0.508 e. The molecule has 0 unspecified atom stereocenters. The molecule has 0 saturated carbocycles. The molecule has 0 fully saturated rings. The van der Waals surface area contributed by atoms with Gasteiger partial charge in [0.2, 0.25) is 5.89 Å². The average Bonchev–Trinajstić information content (AvgIpc) is 2.89. The summed E-state index contributed by atoms with van der Waals surface area (Å²) in [7, 11) is 0. The second-order valence-corrected chi connectivity index (χ2v) is 4.73. The minimum atomic E-state index is 0.179. The maximum absolute atomic E-state index is 9.46. The third-order valence-corrected chi connectivity index (χ3v) is 3.37. The summed E-state index contributed by atoms with van der Waals surface area (Å²) >= 11 is 0. The van der Waals surface area contributed by atoms with Crippen molar-refractivity contribution in [2.45, 2.75) is 0 Å². The molecule has 20 heavy (non-hydrogen) atoms. The molecule has 0 aliphatic heterocycles. The molecular weight excluding hydrogens is 250 g/mol. The summed E-state index contributed by atoms with van der Waals surface area (Å²) < 4.78 is 5.71. The summed E-state index contributed by atoms with van der Waals surface area (Å²) in [5.74, 6) is 0.745. The zero-order chi connectivity index (χ0) is 13.5. The lowest BCUT2D eigenvalue weighted by Crippen LogP contribution is -1.78. The Morgan fingerprint density at radius 1 is 0.850 bits per heavy atom. The highest BCUT2D eigenvalue weighted by molar-refractivity contribution is 5.87. The highest BCUT2D eigenvalue weighted by Gasteiger charge is 2.09. The first-order valence-electron chi connectivity index (χ1n) is 6.38. The summed E-state index contributed by atoms with van der Waals surface area (Å²) in [5, 5.41) is 11.8. The third kappa shape index (κ3) is 1.72. The number of nitrogens with zero attached hydrogens (tertiary/aromatic N) is 1. The smallest absolute Gasteiger partial charge is 0.227 e. The first kappa shape index (κ1) is 11.1. The fourth-order valence-corrected chi connectivity index (χ4v) is 2.36. The molecule has 1 heterocycles. The Hall–Kier alpha value is -2.81. The molecule has 0 amide bonds. The van der Waals surface area contributed by atoms with Crippen LogP contribution in [0.5, 0.6) is 5.75 Å². The monoisotopic (exact) mass is 261 g/mol. The Morgan fingerprint density at radius 2 is 1.70 bits per heavy atom. The first-order chi connectivity index (χ1) is 9.79. The number of aromatic hydroxyl groups is 1. The number of phenolic OH excluding ortho intramolecular Hbond substituents is 1. The van der Waals surface area contributed by atoms with Crippen LogP contribution in [-0.2, 0) is 0 Å². The topological polar surface area (TPSA) is 46.3 Å². The van der Waals surface area contributed by atoms with Crippen LogP contribution in [0.25, 0.3) is 33.3 Å². The van der Waals surface area contributed by atoms with Crippen molar-refractivity contribution in [2.24, 2.45) is 0 Å². The summed E-state index contributed by atoms with van der Waals surface area (Å²) in [6.07, 6.45) is 0. The number of phenols is 1. The zero-order valence-electron chi connectivity index (χ0n) is 10.6. The third-order valence-electron chi connectivity index (χ3n) is 3.37. The van der Waals surface area contributed by atoms with Crippen LogP contribution in [0.4, 0.5) is 0 Å². The van der Waals surface area contributed by atoms with Crippen LogP contribution < -0.4 is 0 Å². The minimum absolute atomic E-state index is 0.179. The number of benzene rings is 3. The lowest BCUT2D eigenvalue weighted by molar-refractivity contribution is 0.474. The molecule has 96 valence electrons. The minimum Gasteiger partial charge on any atom is -0.508 e. The van der Waals surface area contributed by atoms with Crippen molar-refractivity contribution in [2.75, 3.05) is 0 Å². The SMILES string of the molecule is Oc1ccc2nc(-c3ccc4ccccc4c3)oc2c1. The van der Waals surface area contributed by atoms with Gasteiger partial charge in [-0.3, -0.25) is 0 Å². The van der Waals surface area contributed by atoms with E-state index in [9.17, 15) is 5.11 Å². The van der Waals surface area contributed by atoms with E-state index in [2.05, 4.69) is 29.2 Å². The Labute approximate surface area is 115 Å². The van der Waals surface area contributed by atoms with Gasteiger partial charge < -0.3 is 9.52 Å². The zero-order valence-corrected chi connectivity index (χ0v) is 10.6. The van der Waals surface area contributed by atoms with Gasteiger partial charge in [-0.25, -0.2) is 4.98 Å². The number of fused-ring (bicyclic) bond motifs is 2. The Balaban J connectivity index is 1.91. The molecule has 0 atom stereocenters. The highest BCUT2D eigenvalue weighted by Crippen LogP contribution is 2.28. The van der Waals surface area contributed by atoms with E-state index in [0.29, 0.717) is 11.5 Å². The fraction of sp³-hybridized carbons (Fsp3) is 0. The van der Waals surface area contributed by atoms with Crippen LogP contribution in [-0.4, -0.2) is 10.1 Å². The molecule has 0 radical (unpaired) electrons. The molecule has 0 saturated heterocycles. The molecular formula is C17H11NO2. The van der Waals surface area contributed by atoms with E-state index in [0.717, 1.165) is 16.5 Å². The van der Waals surface area contributed by atoms with Crippen molar-refractivity contribution in [3.8, 4) is 17.2 Å². The summed E-state index contributed by atoms with van der Waals surface area (Å²) in [6, 6.07) is 19.2. The van der Waals surface area contributed by atoms with Gasteiger partial charge in [-0.15, -0.1) is 0 Å². The second-order valence-electron chi connectivity index (χ2n) is 4.73. The molecule has 4 aromatic rings. The maximum atomic E-state index is 9.46. The molecule has 3 heteroatoms. The molecule has 0 bridgehead atoms. The Bertz CT molecular complexity index is 924. The van der Waals surface area contributed by atoms with Crippen LogP contribution in [0.15, 0.2) is 65.1 Å². The average molecular weight is 261 g/mol. The Kier molecular flexibility index (Phi) is 2.27. The predicted molar refractivity (Wildman–Crippen MR) is 78.6 cm³/mol. The van der Waals surface area contributed by atoms with E-state index in [1.54, 1.807) is 18.2 Å². The molecule has 0 spiro atoms. The van der Waals surface area contributed by atoms with Gasteiger partial charge in [0.1, 0.15) is 11.3 Å². The van der Waals surface area contributed by atoms with E-state index in [1.807, 2.05) is 18.2 Å². The molecule has 0 aliphatic rings. The van der Waals surface area contributed by atoms with Crippen molar-refractivity contribution in [3.63, 3.8) is 0 Å². The summed E-state index contributed by atoms with van der Waals surface area (Å²) in [6.45, 7) is 0. The van der Waals surface area contributed by atoms with Gasteiger partial charge >= 0.3 is 0 Å². The standard InChI is InChI=1S/C17H11NO2/c19-14-7-8-15-16(10-14)20-17(18-15)13-6-5-11-3-1-2-4-12(11)9-13/h1-10,19H. The maximum Gasteiger partial charge on any atom is 0.227 e. The van der Waals surface area contributed by atoms with Gasteiger partial charge in [-0.2, -0.15) is 0 Å². The number of aromatic nitrogens is 1. The normalized spacial score (nSPS) is 11.2. The van der Waals surface area contributed by atoms with Crippen molar-refractivity contribution in [1.82, 2.24) is 4.98 Å². The van der Waals surface area contributed by atoms with E-state index in [4.69, 9.17) is 4.42 Å². The van der Waals surface area contributed by atoms with E-state index >= 15 is 0 Å². The molecule has 1 N–H and O–H groups in total. The van der Waals surface area contributed by atoms with E-state index < -0.39 is 0 Å². The lowest BCUT2D eigenvalue weighted by Gasteiger charge is -1.99. The van der Waals surface area contributed by atoms with Crippen LogP contribution >= 0.6 is 0 Å². The van der Waals surface area contributed by atoms with Gasteiger partial charge in [0.15, 0.2) is 5.58 Å². The van der Waals surface area contributed by atoms with Crippen LogP contribution in [0.3, 0.4) is 0 Å². The van der Waals surface area contributed by atoms with Crippen LogP contribution in [0.2, 0.25) is 0 Å². The van der Waals surface area contributed by atoms with Crippen molar-refractivity contribution >= 4 is 21.9 Å². The van der Waals surface area contributed by atoms with Crippen LogP contribution in [0, 0.1) is 0 Å². The number of rotatable bonds is 1. The van der Waals surface area contributed by atoms with Gasteiger partial charge in [-0.05, 0) is 35.0 Å². The van der Waals surface area contributed by atoms with E-state index in [1.165, 1.54) is 5.39 Å². The lowest BCUT2D eigenvalue weighted by atomic mass is 10.1. The Morgan fingerprint density at radius 3 is 2.60 bits per heavy atom. The second kappa shape index (κ2) is 4.10. The first-order valence-corrected chi connectivity index (χ1v) is 6.38. The fourth-order valence-electron chi connectivity index (χ4n) is 2.36. The van der Waals surface area contributed by atoms with E-state index in [-0.39, 0.29) is 5.75 Å². The van der Waals surface area contributed by atoms with Crippen molar-refractivity contribution in [1.29, 1.82) is 0 Å². The van der Waals surface area contributed by atoms with Crippen LogP contribution in [0.1, 0.15) is 0 Å². The van der Waals surface area contributed by atoms with Crippen molar-refractivity contribution in [3.05, 3.63) is 60.7 Å². The highest BCUT2D eigenvalue weighted by atomic mass is 16.3. The number of hydrogen-bond donors (Lipinski definition) is 1. The predicted octanol–water partition coefficient (Wildman–Crippen LogP) is 4.35. The summed E-state index contributed by atoms with van der Waals surface area (Å²) in [5.41, 5.74) is 2.26. The van der Waals surface area contributed by atoms with Gasteiger partial charge in [0.05, 0.1) is 0 Å². The number of oxazole rings is 1. The number of hydrogen-bond acceptors (Lipinski definition) is 3. The molecule has 4 rings (SSSR count). The van der Waals surface area contributed by atoms with Crippen molar-refractivity contribution < 1.29 is 9.52 Å². The summed E-state index contributed by atoms with van der Waals surface area (Å²) in [4.78, 5) is 4.45. The molecule has 3 nitrogen and oxygen atoms in total. The van der Waals surface area contributed by atoms with Gasteiger partial charge in [0.25, 0.3) is 0 Å². The molecule has 1 aromatic heterocycles. The molecule has 3 aromatic carbocycles. The quantitative estimate of drug-likeness (QED) is 0.554.